The summed E-state index contributed by atoms with van der Waals surface area (Å²) in [5, 5.41) is 0. The van der Waals surface area contributed by atoms with Crippen molar-refractivity contribution in [1.29, 1.82) is 0 Å². The van der Waals surface area contributed by atoms with Crippen molar-refractivity contribution in [3.63, 3.8) is 0 Å². The zero-order chi connectivity index (χ0) is 15.4. The highest BCUT2D eigenvalue weighted by Crippen LogP contribution is 2.33. The Morgan fingerprint density at radius 3 is 3.09 bits per heavy atom. The number of hydrogen-bond acceptors (Lipinski definition) is 5. The highest BCUT2D eigenvalue weighted by molar-refractivity contribution is 5.04. The van der Waals surface area contributed by atoms with Gasteiger partial charge in [-0.1, -0.05) is 6.07 Å². The number of pyridine rings is 1. The topological polar surface area (TPSA) is 37.8 Å². The van der Waals surface area contributed by atoms with Crippen molar-refractivity contribution >= 4 is 0 Å². The van der Waals surface area contributed by atoms with E-state index >= 15 is 0 Å². The Morgan fingerprint density at radius 1 is 1.41 bits per heavy atom. The monoisotopic (exact) mass is 305 g/mol. The molecule has 2 saturated heterocycles. The lowest BCUT2D eigenvalue weighted by Gasteiger charge is -2.31. The van der Waals surface area contributed by atoms with Gasteiger partial charge in [0.15, 0.2) is 0 Å². The minimum atomic E-state index is -0.133. The first kappa shape index (κ1) is 15.9. The maximum Gasteiger partial charge on any atom is 0.104 e. The van der Waals surface area contributed by atoms with Gasteiger partial charge >= 0.3 is 0 Å². The van der Waals surface area contributed by atoms with E-state index in [1.54, 1.807) is 0 Å². The van der Waals surface area contributed by atoms with E-state index in [-0.39, 0.29) is 5.60 Å². The highest BCUT2D eigenvalue weighted by atomic mass is 16.5. The molecule has 2 fully saturated rings. The van der Waals surface area contributed by atoms with Crippen LogP contribution in [0.25, 0.3) is 0 Å². The van der Waals surface area contributed by atoms with Gasteiger partial charge in [0.25, 0.3) is 0 Å². The third kappa shape index (κ3) is 4.04. The lowest BCUT2D eigenvalue weighted by atomic mass is 9.94. The SMILES string of the molecule is CN(C)CC1COC2(COCCN(Cc3ccccn3)C2)C1. The van der Waals surface area contributed by atoms with Crippen LogP contribution in [-0.4, -0.2) is 73.9 Å². The van der Waals surface area contributed by atoms with Gasteiger partial charge in [-0.05, 0) is 38.6 Å². The van der Waals surface area contributed by atoms with E-state index in [4.69, 9.17) is 9.47 Å². The van der Waals surface area contributed by atoms with Crippen molar-refractivity contribution in [2.45, 2.75) is 18.6 Å². The number of rotatable bonds is 4. The fraction of sp³-hybridized carbons (Fsp3) is 0.706. The van der Waals surface area contributed by atoms with Gasteiger partial charge in [-0.3, -0.25) is 9.88 Å². The average Bonchev–Trinajstić information content (AvgIpc) is 2.75. The minimum Gasteiger partial charge on any atom is -0.377 e. The zero-order valence-corrected chi connectivity index (χ0v) is 13.7. The van der Waals surface area contributed by atoms with Crippen molar-refractivity contribution in [3.05, 3.63) is 30.1 Å². The van der Waals surface area contributed by atoms with E-state index in [0.29, 0.717) is 5.92 Å². The Labute approximate surface area is 133 Å². The first-order valence-electron chi connectivity index (χ1n) is 8.14. The van der Waals surface area contributed by atoms with Gasteiger partial charge in [0.2, 0.25) is 0 Å². The molecule has 2 aliphatic heterocycles. The van der Waals surface area contributed by atoms with Crippen LogP contribution < -0.4 is 0 Å². The third-order valence-corrected chi connectivity index (χ3v) is 4.45. The van der Waals surface area contributed by atoms with E-state index < -0.39 is 0 Å². The summed E-state index contributed by atoms with van der Waals surface area (Å²) in [5.41, 5.74) is 0.980. The van der Waals surface area contributed by atoms with E-state index in [1.807, 2.05) is 18.3 Å². The van der Waals surface area contributed by atoms with Gasteiger partial charge in [-0.25, -0.2) is 0 Å². The Kier molecular flexibility index (Phi) is 5.08. The normalized spacial score (nSPS) is 30.0. The summed E-state index contributed by atoms with van der Waals surface area (Å²) in [7, 11) is 4.25. The van der Waals surface area contributed by atoms with E-state index in [2.05, 4.69) is 34.9 Å². The maximum absolute atomic E-state index is 6.23. The molecule has 0 amide bonds. The fourth-order valence-electron chi connectivity index (χ4n) is 3.62. The summed E-state index contributed by atoms with van der Waals surface area (Å²) < 4.78 is 12.1. The third-order valence-electron chi connectivity index (χ3n) is 4.45. The van der Waals surface area contributed by atoms with Crippen LogP contribution in [0.5, 0.6) is 0 Å². The molecule has 3 heterocycles. The molecule has 5 heteroatoms. The van der Waals surface area contributed by atoms with E-state index in [1.165, 1.54) is 0 Å². The quantitative estimate of drug-likeness (QED) is 0.837. The summed E-state index contributed by atoms with van der Waals surface area (Å²) in [5.74, 6) is 0.605. The molecule has 0 saturated carbocycles. The van der Waals surface area contributed by atoms with Gasteiger partial charge in [0.05, 0.1) is 25.5 Å². The summed E-state index contributed by atoms with van der Waals surface area (Å²) in [6.07, 6.45) is 2.95. The lowest BCUT2D eigenvalue weighted by Crippen LogP contribution is -2.44. The molecule has 0 aromatic carbocycles. The van der Waals surface area contributed by atoms with Crippen LogP contribution in [0.2, 0.25) is 0 Å². The predicted molar refractivity (Wildman–Crippen MR) is 85.7 cm³/mol. The van der Waals surface area contributed by atoms with E-state index in [9.17, 15) is 0 Å². The van der Waals surface area contributed by atoms with Gasteiger partial charge in [0.1, 0.15) is 5.60 Å². The molecule has 122 valence electrons. The Bertz CT molecular complexity index is 468. The lowest BCUT2D eigenvalue weighted by molar-refractivity contribution is -0.0563. The average molecular weight is 305 g/mol. The summed E-state index contributed by atoms with van der Waals surface area (Å²) in [6.45, 7) is 6.17. The molecule has 2 unspecified atom stereocenters. The Morgan fingerprint density at radius 2 is 2.32 bits per heavy atom. The highest BCUT2D eigenvalue weighted by Gasteiger charge is 2.43. The molecule has 22 heavy (non-hydrogen) atoms. The molecule has 2 atom stereocenters. The largest absolute Gasteiger partial charge is 0.377 e. The number of ether oxygens (including phenoxy) is 2. The zero-order valence-electron chi connectivity index (χ0n) is 13.7. The van der Waals surface area contributed by atoms with Crippen molar-refractivity contribution in [2.24, 2.45) is 5.92 Å². The van der Waals surface area contributed by atoms with Crippen LogP contribution >= 0.6 is 0 Å². The van der Waals surface area contributed by atoms with Crippen molar-refractivity contribution < 1.29 is 9.47 Å². The Hall–Kier alpha value is -1.01. The summed E-state index contributed by atoms with van der Waals surface area (Å²) >= 11 is 0. The second kappa shape index (κ2) is 7.04. The molecule has 5 nitrogen and oxygen atoms in total. The number of hydrogen-bond donors (Lipinski definition) is 0. The van der Waals surface area contributed by atoms with Gasteiger partial charge < -0.3 is 14.4 Å². The standard InChI is InChI=1S/C17H27N3O2/c1-19(2)10-15-9-17(22-12-15)13-20(7-8-21-14-17)11-16-5-3-4-6-18-16/h3-6,15H,7-14H2,1-2H3. The molecule has 3 rings (SSSR count). The molecule has 1 aromatic heterocycles. The van der Waals surface area contributed by atoms with Crippen LogP contribution in [0.15, 0.2) is 24.4 Å². The van der Waals surface area contributed by atoms with Crippen LogP contribution in [0, 0.1) is 5.92 Å². The second-order valence-corrected chi connectivity index (χ2v) is 6.91. The predicted octanol–water partition coefficient (Wildman–Crippen LogP) is 1.25. The van der Waals surface area contributed by atoms with Crippen molar-refractivity contribution in [3.8, 4) is 0 Å². The molecule has 1 aromatic rings. The molecule has 1 spiro atoms. The smallest absolute Gasteiger partial charge is 0.104 e. The minimum absolute atomic E-state index is 0.133. The van der Waals surface area contributed by atoms with Gasteiger partial charge in [0, 0.05) is 32.4 Å². The summed E-state index contributed by atoms with van der Waals surface area (Å²) in [6, 6.07) is 6.09. The van der Waals surface area contributed by atoms with Gasteiger partial charge in [-0.15, -0.1) is 0 Å². The second-order valence-electron chi connectivity index (χ2n) is 6.91. The van der Waals surface area contributed by atoms with Crippen molar-refractivity contribution in [1.82, 2.24) is 14.8 Å². The molecule has 0 aliphatic carbocycles. The van der Waals surface area contributed by atoms with Gasteiger partial charge in [-0.2, -0.15) is 0 Å². The van der Waals surface area contributed by atoms with Crippen LogP contribution in [0.3, 0.4) is 0 Å². The van der Waals surface area contributed by atoms with Crippen molar-refractivity contribution in [2.75, 3.05) is 53.6 Å². The molecule has 2 aliphatic rings. The molecule has 0 radical (unpaired) electrons. The maximum atomic E-state index is 6.23. The fourth-order valence-corrected chi connectivity index (χ4v) is 3.62. The molecular weight excluding hydrogens is 278 g/mol. The van der Waals surface area contributed by atoms with Crippen LogP contribution in [0.1, 0.15) is 12.1 Å². The molecular formula is C17H27N3O2. The van der Waals surface area contributed by atoms with E-state index in [0.717, 1.165) is 58.1 Å². The van der Waals surface area contributed by atoms with Crippen LogP contribution in [0.4, 0.5) is 0 Å². The first-order chi connectivity index (χ1) is 10.7. The molecule has 0 N–H and O–H groups in total. The number of aromatic nitrogens is 1. The Balaban J connectivity index is 1.63. The first-order valence-corrected chi connectivity index (χ1v) is 8.14. The molecule has 0 bridgehead atoms. The van der Waals surface area contributed by atoms with Crippen LogP contribution in [-0.2, 0) is 16.0 Å². The summed E-state index contributed by atoms with van der Waals surface area (Å²) in [4.78, 5) is 9.11. The number of nitrogens with zero attached hydrogens (tertiary/aromatic N) is 3.